The third kappa shape index (κ3) is 6.23. The highest BCUT2D eigenvalue weighted by atomic mass is 79.9. The third-order valence-corrected chi connectivity index (χ3v) is 5.95. The van der Waals surface area contributed by atoms with Crippen LogP contribution in [-0.2, 0) is 16.0 Å². The van der Waals surface area contributed by atoms with Crippen LogP contribution in [0, 0.1) is 5.41 Å². The van der Waals surface area contributed by atoms with E-state index < -0.39 is 18.8 Å². The van der Waals surface area contributed by atoms with E-state index in [1.807, 2.05) is 39.0 Å². The summed E-state index contributed by atoms with van der Waals surface area (Å²) in [4.78, 5) is 18.9. The van der Waals surface area contributed by atoms with Crippen molar-refractivity contribution in [1.29, 1.82) is 0 Å². The Morgan fingerprint density at radius 1 is 1.33 bits per heavy atom. The largest absolute Gasteiger partial charge is 0.369 e. The molecule has 2 atom stereocenters. The van der Waals surface area contributed by atoms with Gasteiger partial charge in [-0.15, -0.1) is 0 Å². The number of guanidine groups is 1. The van der Waals surface area contributed by atoms with E-state index in [-0.39, 0.29) is 23.3 Å². The van der Waals surface area contributed by atoms with Gasteiger partial charge in [0.1, 0.15) is 0 Å². The van der Waals surface area contributed by atoms with Crippen molar-refractivity contribution in [2.24, 2.45) is 16.1 Å². The Balaban J connectivity index is 2.22. The molecule has 8 heteroatoms. The molecule has 1 heterocycles. The van der Waals surface area contributed by atoms with Crippen LogP contribution >= 0.6 is 15.9 Å². The quantitative estimate of drug-likeness (QED) is 0.478. The lowest BCUT2D eigenvalue weighted by molar-refractivity contribution is -0.166. The van der Waals surface area contributed by atoms with Gasteiger partial charge < -0.3 is 10.5 Å². The molecule has 0 fully saturated rings. The van der Waals surface area contributed by atoms with Crippen molar-refractivity contribution in [3.8, 4) is 0 Å². The van der Waals surface area contributed by atoms with Gasteiger partial charge in [0.05, 0.1) is 6.10 Å². The van der Waals surface area contributed by atoms with Gasteiger partial charge in [-0.3, -0.25) is 9.69 Å². The van der Waals surface area contributed by atoms with Crippen molar-refractivity contribution < 1.29 is 18.3 Å². The summed E-state index contributed by atoms with van der Waals surface area (Å²) in [6.07, 6.45) is 2.03. The van der Waals surface area contributed by atoms with Crippen LogP contribution in [0.3, 0.4) is 0 Å². The second kappa shape index (κ2) is 10.2. The number of carbonyl (C=O) groups is 1. The number of hydrogen-bond donors (Lipinski definition) is 1. The molecule has 1 aliphatic heterocycles. The predicted octanol–water partition coefficient (Wildman–Crippen LogP) is 5.42. The molecule has 1 aromatic rings. The highest BCUT2D eigenvalue weighted by Crippen LogP contribution is 2.36. The highest BCUT2D eigenvalue weighted by molar-refractivity contribution is 9.10. The van der Waals surface area contributed by atoms with E-state index in [0.717, 1.165) is 22.0 Å². The molecular weight excluding hydrogens is 456 g/mol. The minimum Gasteiger partial charge on any atom is -0.369 e. The number of ether oxygens (including phenoxy) is 1. The van der Waals surface area contributed by atoms with Crippen molar-refractivity contribution in [2.45, 2.75) is 85.1 Å². The van der Waals surface area contributed by atoms with Gasteiger partial charge in [0.15, 0.2) is 12.0 Å². The maximum Gasteiger partial charge on any atom is 0.345 e. The van der Waals surface area contributed by atoms with E-state index in [1.54, 1.807) is 0 Å². The number of benzene rings is 1. The van der Waals surface area contributed by atoms with Crippen LogP contribution in [-0.4, -0.2) is 35.5 Å². The first-order valence-corrected chi connectivity index (χ1v) is 11.1. The highest BCUT2D eigenvalue weighted by Gasteiger charge is 2.37. The van der Waals surface area contributed by atoms with Gasteiger partial charge in [0.2, 0.25) is 0 Å². The molecule has 0 aromatic heterocycles. The van der Waals surface area contributed by atoms with E-state index in [0.29, 0.717) is 19.3 Å². The fraction of sp³-hybridized carbons (Fsp3) is 0.636. The molecule has 1 aromatic carbocycles. The van der Waals surface area contributed by atoms with Gasteiger partial charge in [0, 0.05) is 10.5 Å². The molecule has 1 unspecified atom stereocenters. The Morgan fingerprint density at radius 3 is 2.53 bits per heavy atom. The van der Waals surface area contributed by atoms with E-state index >= 15 is 0 Å². The average molecular weight is 488 g/mol. The zero-order valence-corrected chi connectivity index (χ0v) is 19.9. The van der Waals surface area contributed by atoms with Gasteiger partial charge in [-0.2, -0.15) is 8.78 Å². The van der Waals surface area contributed by atoms with Crippen LogP contribution in [0.1, 0.15) is 71.0 Å². The Labute approximate surface area is 186 Å². The van der Waals surface area contributed by atoms with Crippen LogP contribution in [0.4, 0.5) is 8.78 Å². The topological polar surface area (TPSA) is 67.9 Å². The molecule has 0 bridgehead atoms. The number of carbonyl (C=O) groups excluding carboxylic acids is 1. The minimum atomic E-state index is -2.75. The van der Waals surface area contributed by atoms with Gasteiger partial charge in [-0.1, -0.05) is 42.8 Å². The van der Waals surface area contributed by atoms with Gasteiger partial charge in [-0.25, -0.2) is 4.99 Å². The molecule has 0 spiro atoms. The van der Waals surface area contributed by atoms with Crippen LogP contribution in [0.5, 0.6) is 0 Å². The second-order valence-electron chi connectivity index (χ2n) is 8.84. The average Bonchev–Trinajstić information content (AvgIpc) is 2.94. The first-order chi connectivity index (χ1) is 13.9. The molecule has 1 amide bonds. The number of hydrogen-bond acceptors (Lipinski definition) is 4. The summed E-state index contributed by atoms with van der Waals surface area (Å²) in [5.74, 6) is 0.108. The molecule has 0 saturated carbocycles. The van der Waals surface area contributed by atoms with Crippen LogP contribution in [0.15, 0.2) is 27.7 Å². The molecule has 1 aliphatic rings. The molecular formula is C22H32BrF2N3O2. The number of nitrogens with zero attached hydrogens (tertiary/aromatic N) is 2. The molecule has 2 rings (SSSR count). The van der Waals surface area contributed by atoms with Gasteiger partial charge in [-0.05, 0) is 68.2 Å². The Hall–Kier alpha value is -1.54. The van der Waals surface area contributed by atoms with E-state index in [2.05, 4.69) is 34.8 Å². The zero-order chi connectivity index (χ0) is 22.6. The van der Waals surface area contributed by atoms with Crippen LogP contribution in [0.25, 0.3) is 0 Å². The molecule has 0 radical (unpaired) electrons. The first kappa shape index (κ1) is 24.7. The number of nitrogens with two attached hydrogens (primary N) is 1. The lowest BCUT2D eigenvalue weighted by atomic mass is 9.79. The summed E-state index contributed by atoms with van der Waals surface area (Å²) in [7, 11) is 0. The minimum absolute atomic E-state index is 0.0703. The van der Waals surface area contributed by atoms with Crippen LogP contribution < -0.4 is 5.73 Å². The smallest absolute Gasteiger partial charge is 0.345 e. The standard InChI is InChI=1S/C22H32BrF2N3O2/c1-6-16(30-20(24)25)9-10-22(4,5)12-14-7-8-15(23)11-17(14)18-19(29)28(13(2)3)21(26)27-18/h7-8,11,13,16,18,20H,6,9-10,12H2,1-5H3,(H2,26,27)/t16-,18?/m1/s1. The maximum absolute atomic E-state index is 13.0. The fourth-order valence-corrected chi connectivity index (χ4v) is 4.25. The monoisotopic (exact) mass is 487 g/mol. The third-order valence-electron chi connectivity index (χ3n) is 5.46. The molecule has 2 N–H and O–H groups in total. The fourth-order valence-electron chi connectivity index (χ4n) is 3.87. The SMILES string of the molecule is CC[C@H](CCC(C)(C)Cc1ccc(Br)cc1C1N=C(N)N(C(C)C)C1=O)OC(F)F. The maximum atomic E-state index is 13.0. The summed E-state index contributed by atoms with van der Waals surface area (Å²) in [5.41, 5.74) is 7.68. The Morgan fingerprint density at radius 2 is 2.00 bits per heavy atom. The van der Waals surface area contributed by atoms with Crippen molar-refractivity contribution in [1.82, 2.24) is 4.90 Å². The summed E-state index contributed by atoms with van der Waals surface area (Å²) in [6.45, 7) is 7.10. The summed E-state index contributed by atoms with van der Waals surface area (Å²) in [6, 6.07) is 5.12. The second-order valence-corrected chi connectivity index (χ2v) is 9.76. The van der Waals surface area contributed by atoms with Crippen molar-refractivity contribution in [3.05, 3.63) is 33.8 Å². The van der Waals surface area contributed by atoms with Gasteiger partial charge >= 0.3 is 6.61 Å². The van der Waals surface area contributed by atoms with E-state index in [4.69, 9.17) is 10.5 Å². The van der Waals surface area contributed by atoms with Crippen molar-refractivity contribution >= 4 is 27.8 Å². The van der Waals surface area contributed by atoms with E-state index in [1.165, 1.54) is 4.90 Å². The van der Waals surface area contributed by atoms with Crippen LogP contribution in [0.2, 0.25) is 0 Å². The molecule has 0 saturated heterocycles. The molecule has 0 aliphatic carbocycles. The van der Waals surface area contributed by atoms with Gasteiger partial charge in [0.25, 0.3) is 5.91 Å². The molecule has 168 valence electrons. The number of halogens is 3. The number of aliphatic imine (C=N–C) groups is 1. The predicted molar refractivity (Wildman–Crippen MR) is 118 cm³/mol. The number of amides is 1. The number of alkyl halides is 2. The summed E-state index contributed by atoms with van der Waals surface area (Å²) in [5, 5.41) is 0. The molecule has 30 heavy (non-hydrogen) atoms. The number of rotatable bonds is 10. The van der Waals surface area contributed by atoms with E-state index in [9.17, 15) is 13.6 Å². The lowest BCUT2D eigenvalue weighted by Crippen LogP contribution is -2.42. The Kier molecular flexibility index (Phi) is 8.39. The van der Waals surface area contributed by atoms with Crippen molar-refractivity contribution in [3.63, 3.8) is 0 Å². The first-order valence-electron chi connectivity index (χ1n) is 10.3. The molecule has 5 nitrogen and oxygen atoms in total. The van der Waals surface area contributed by atoms with Crippen molar-refractivity contribution in [2.75, 3.05) is 0 Å². The Bertz CT molecular complexity index is 784. The normalized spacial score (nSPS) is 18.5. The summed E-state index contributed by atoms with van der Waals surface area (Å²) >= 11 is 3.49. The summed E-state index contributed by atoms with van der Waals surface area (Å²) < 4.78 is 30.7. The lowest BCUT2D eigenvalue weighted by Gasteiger charge is -2.29. The zero-order valence-electron chi connectivity index (χ0n) is 18.3.